The molecule has 1 fully saturated rings. The molecule has 0 saturated carbocycles. The van der Waals surface area contributed by atoms with Crippen molar-refractivity contribution in [1.82, 2.24) is 9.88 Å². The number of amides is 1. The van der Waals surface area contributed by atoms with Crippen molar-refractivity contribution in [2.24, 2.45) is 0 Å². The van der Waals surface area contributed by atoms with E-state index >= 15 is 0 Å². The molecule has 1 unspecified atom stereocenters. The molecule has 4 nitrogen and oxygen atoms in total. The second-order valence-electron chi connectivity index (χ2n) is 6.26. The van der Waals surface area contributed by atoms with Gasteiger partial charge in [0.15, 0.2) is 0 Å². The van der Waals surface area contributed by atoms with Gasteiger partial charge in [-0.15, -0.1) is 0 Å². The number of aryl methyl sites for hydroxylation is 1. The molecule has 1 aromatic carbocycles. The van der Waals surface area contributed by atoms with Crippen molar-refractivity contribution in [3.05, 3.63) is 59.3 Å². The van der Waals surface area contributed by atoms with E-state index in [0.717, 1.165) is 42.0 Å². The van der Waals surface area contributed by atoms with Gasteiger partial charge in [-0.25, -0.2) is 4.98 Å². The van der Waals surface area contributed by atoms with Gasteiger partial charge in [-0.3, -0.25) is 4.79 Å². The number of pyridine rings is 1. The van der Waals surface area contributed by atoms with Crippen LogP contribution < -0.4 is 4.90 Å². The number of carbonyl (C=O) groups is 1. The highest BCUT2D eigenvalue weighted by Gasteiger charge is 2.31. The third-order valence-corrected chi connectivity index (χ3v) is 4.46. The zero-order valence-electron chi connectivity index (χ0n) is 14.0. The number of hydrogen-bond donors (Lipinski definition) is 0. The molecule has 1 atom stereocenters. The lowest BCUT2D eigenvalue weighted by molar-refractivity contribution is 0.0735. The van der Waals surface area contributed by atoms with Crippen LogP contribution in [0.25, 0.3) is 0 Å². The first-order valence-corrected chi connectivity index (χ1v) is 8.09. The lowest BCUT2D eigenvalue weighted by atomic mass is 10.0. The summed E-state index contributed by atoms with van der Waals surface area (Å²) in [5.41, 5.74) is 2.93. The summed E-state index contributed by atoms with van der Waals surface area (Å²) < 4.78 is 0. The third-order valence-electron chi connectivity index (χ3n) is 4.46. The van der Waals surface area contributed by atoms with Gasteiger partial charge < -0.3 is 9.80 Å². The standard InChI is InChI=1S/C19H23N3O/c1-14-16(11-12-18(20-14)21(2)3)17-10-7-13-22(17)19(23)15-8-5-4-6-9-15/h4-6,8-9,11-12,17H,7,10,13H2,1-3H3. The molecule has 4 heteroatoms. The van der Waals surface area contributed by atoms with E-state index in [2.05, 4.69) is 11.1 Å². The molecular weight excluding hydrogens is 286 g/mol. The predicted molar refractivity (Wildman–Crippen MR) is 92.8 cm³/mol. The summed E-state index contributed by atoms with van der Waals surface area (Å²) in [6, 6.07) is 13.8. The minimum absolute atomic E-state index is 0.115. The maximum Gasteiger partial charge on any atom is 0.254 e. The van der Waals surface area contributed by atoms with Crippen molar-refractivity contribution in [2.45, 2.75) is 25.8 Å². The first-order valence-electron chi connectivity index (χ1n) is 8.09. The van der Waals surface area contributed by atoms with E-state index in [-0.39, 0.29) is 11.9 Å². The van der Waals surface area contributed by atoms with Crippen LogP contribution in [0.3, 0.4) is 0 Å². The van der Waals surface area contributed by atoms with Gasteiger partial charge in [0, 0.05) is 31.9 Å². The number of aromatic nitrogens is 1. The van der Waals surface area contributed by atoms with Gasteiger partial charge >= 0.3 is 0 Å². The van der Waals surface area contributed by atoms with Gasteiger partial charge in [-0.2, -0.15) is 0 Å². The largest absolute Gasteiger partial charge is 0.363 e. The third kappa shape index (κ3) is 3.07. The minimum atomic E-state index is 0.115. The summed E-state index contributed by atoms with van der Waals surface area (Å²) in [5.74, 6) is 1.06. The van der Waals surface area contributed by atoms with E-state index in [1.165, 1.54) is 0 Å². The van der Waals surface area contributed by atoms with Crippen LogP contribution in [0.5, 0.6) is 0 Å². The van der Waals surface area contributed by atoms with Crippen LogP contribution in [0.1, 0.15) is 40.5 Å². The van der Waals surface area contributed by atoms with Crippen LogP contribution >= 0.6 is 0 Å². The van der Waals surface area contributed by atoms with E-state index in [0.29, 0.717) is 0 Å². The normalized spacial score (nSPS) is 17.3. The molecule has 1 amide bonds. The minimum Gasteiger partial charge on any atom is -0.363 e. The maximum absolute atomic E-state index is 12.8. The fourth-order valence-electron chi connectivity index (χ4n) is 3.24. The van der Waals surface area contributed by atoms with E-state index in [4.69, 9.17) is 0 Å². The predicted octanol–water partition coefficient (Wildman–Crippen LogP) is 3.43. The molecule has 1 aliphatic heterocycles. The van der Waals surface area contributed by atoms with E-state index in [9.17, 15) is 4.79 Å². The summed E-state index contributed by atoms with van der Waals surface area (Å²) in [5, 5.41) is 0. The fourth-order valence-corrected chi connectivity index (χ4v) is 3.24. The van der Waals surface area contributed by atoms with Gasteiger partial charge in [0.05, 0.1) is 6.04 Å². The van der Waals surface area contributed by atoms with Gasteiger partial charge in [0.1, 0.15) is 5.82 Å². The topological polar surface area (TPSA) is 36.4 Å². The number of rotatable bonds is 3. The number of hydrogen-bond acceptors (Lipinski definition) is 3. The molecule has 0 N–H and O–H groups in total. The molecule has 3 rings (SSSR count). The zero-order valence-corrected chi connectivity index (χ0v) is 14.0. The molecule has 1 saturated heterocycles. The monoisotopic (exact) mass is 309 g/mol. The summed E-state index contributed by atoms with van der Waals surface area (Å²) in [6.45, 7) is 2.85. The van der Waals surface area contributed by atoms with Crippen molar-refractivity contribution in [2.75, 3.05) is 25.5 Å². The van der Waals surface area contributed by atoms with Gasteiger partial charge in [-0.05, 0) is 43.5 Å². The summed E-state index contributed by atoms with van der Waals surface area (Å²) in [4.78, 5) is 21.5. The Balaban J connectivity index is 1.89. The number of carbonyl (C=O) groups excluding carboxylic acids is 1. The maximum atomic E-state index is 12.8. The van der Waals surface area contributed by atoms with Crippen molar-refractivity contribution in [3.63, 3.8) is 0 Å². The smallest absolute Gasteiger partial charge is 0.254 e. The highest BCUT2D eigenvalue weighted by molar-refractivity contribution is 5.94. The number of likely N-dealkylation sites (tertiary alicyclic amines) is 1. The first kappa shape index (κ1) is 15.5. The summed E-state index contributed by atoms with van der Waals surface area (Å²) in [6.07, 6.45) is 2.04. The van der Waals surface area contributed by atoms with Crippen molar-refractivity contribution >= 4 is 11.7 Å². The Kier molecular flexibility index (Phi) is 4.33. The van der Waals surface area contributed by atoms with Gasteiger partial charge in [-0.1, -0.05) is 24.3 Å². The zero-order chi connectivity index (χ0) is 16.4. The number of anilines is 1. The molecule has 0 bridgehead atoms. The lowest BCUT2D eigenvalue weighted by Crippen LogP contribution is -2.31. The molecule has 0 radical (unpaired) electrons. The van der Waals surface area contributed by atoms with Gasteiger partial charge in [0.25, 0.3) is 5.91 Å². The highest BCUT2D eigenvalue weighted by atomic mass is 16.2. The molecule has 1 aliphatic rings. The Labute approximate surface area is 137 Å². The number of nitrogens with zero attached hydrogens (tertiary/aromatic N) is 3. The first-order chi connectivity index (χ1) is 11.1. The Morgan fingerprint density at radius 2 is 1.91 bits per heavy atom. The molecule has 120 valence electrons. The van der Waals surface area contributed by atoms with E-state index in [1.54, 1.807) is 0 Å². The quantitative estimate of drug-likeness (QED) is 0.871. The molecule has 2 heterocycles. The Hall–Kier alpha value is -2.36. The Morgan fingerprint density at radius 1 is 1.17 bits per heavy atom. The number of benzene rings is 1. The molecule has 1 aromatic heterocycles. The average molecular weight is 309 g/mol. The highest BCUT2D eigenvalue weighted by Crippen LogP contribution is 2.34. The van der Waals surface area contributed by atoms with E-state index < -0.39 is 0 Å². The molecule has 23 heavy (non-hydrogen) atoms. The second kappa shape index (κ2) is 6.41. The Bertz CT molecular complexity index is 697. The van der Waals surface area contributed by atoms with E-state index in [1.807, 2.05) is 67.2 Å². The van der Waals surface area contributed by atoms with Gasteiger partial charge in [0.2, 0.25) is 0 Å². The molecule has 2 aromatic rings. The van der Waals surface area contributed by atoms with Crippen LogP contribution in [-0.2, 0) is 0 Å². The summed E-state index contributed by atoms with van der Waals surface area (Å²) >= 11 is 0. The average Bonchev–Trinajstić information content (AvgIpc) is 3.04. The van der Waals surface area contributed by atoms with Crippen molar-refractivity contribution in [3.8, 4) is 0 Å². The van der Waals surface area contributed by atoms with Crippen LogP contribution in [-0.4, -0.2) is 36.4 Å². The van der Waals surface area contributed by atoms with Crippen molar-refractivity contribution < 1.29 is 4.79 Å². The van der Waals surface area contributed by atoms with Crippen LogP contribution in [0.4, 0.5) is 5.82 Å². The molecular formula is C19H23N3O. The fraction of sp³-hybridized carbons (Fsp3) is 0.368. The second-order valence-corrected chi connectivity index (χ2v) is 6.26. The van der Waals surface area contributed by atoms with Crippen LogP contribution in [0.15, 0.2) is 42.5 Å². The van der Waals surface area contributed by atoms with Crippen LogP contribution in [0.2, 0.25) is 0 Å². The van der Waals surface area contributed by atoms with Crippen LogP contribution in [0, 0.1) is 6.92 Å². The van der Waals surface area contributed by atoms with Crippen molar-refractivity contribution in [1.29, 1.82) is 0 Å². The lowest BCUT2D eigenvalue weighted by Gasteiger charge is -2.26. The molecule has 0 aliphatic carbocycles. The Morgan fingerprint density at radius 3 is 2.57 bits per heavy atom. The SMILES string of the molecule is Cc1nc(N(C)C)ccc1C1CCCN1C(=O)c1ccccc1. The molecule has 0 spiro atoms. The summed E-state index contributed by atoms with van der Waals surface area (Å²) in [7, 11) is 3.98.